The van der Waals surface area contributed by atoms with E-state index in [4.69, 9.17) is 23.2 Å². The number of rotatable bonds is 10. The van der Waals surface area contributed by atoms with Crippen molar-refractivity contribution >= 4 is 68.4 Å². The van der Waals surface area contributed by atoms with Crippen LogP contribution < -0.4 is 10.6 Å². The van der Waals surface area contributed by atoms with Gasteiger partial charge in [-0.05, 0) is 55.7 Å². The van der Waals surface area contributed by atoms with Crippen molar-refractivity contribution < 1.29 is 14.0 Å². The van der Waals surface area contributed by atoms with E-state index in [2.05, 4.69) is 36.8 Å². The maximum Gasteiger partial charge on any atom is 0.253 e. The largest absolute Gasteiger partial charge is 0.342 e. The Kier molecular flexibility index (Phi) is 10.2. The molecule has 12 heteroatoms. The topological polar surface area (TPSA) is 88.9 Å². The third-order valence-corrected chi connectivity index (χ3v) is 7.11. The molecule has 0 aliphatic rings. The maximum absolute atomic E-state index is 14.0. The number of thioether (sulfide) groups is 1. The van der Waals surface area contributed by atoms with Gasteiger partial charge < -0.3 is 15.2 Å². The molecule has 0 saturated carbocycles. The summed E-state index contributed by atoms with van der Waals surface area (Å²) in [5.41, 5.74) is 0.408. The third-order valence-electron chi connectivity index (χ3n) is 5.10. The summed E-state index contributed by atoms with van der Waals surface area (Å²) in [6, 6.07) is 8.68. The van der Waals surface area contributed by atoms with Crippen LogP contribution in [-0.2, 0) is 11.3 Å². The Morgan fingerprint density at radius 3 is 2.56 bits per heavy atom. The highest BCUT2D eigenvalue weighted by atomic mass is 79.9. The number of hydrogen-bond acceptors (Lipinski definition) is 5. The lowest BCUT2D eigenvalue weighted by Gasteiger charge is -2.21. The summed E-state index contributed by atoms with van der Waals surface area (Å²) in [4.78, 5) is 25.4. The summed E-state index contributed by atoms with van der Waals surface area (Å²) >= 11 is 16.6. The molecule has 2 amide bonds. The average molecular weight is 617 g/mol. The zero-order valence-electron chi connectivity index (χ0n) is 19.8. The Labute approximate surface area is 231 Å². The standard InChI is InChI=1S/C24H25BrCl2FN5O2S/c1-4-33-22(20(9-13(2)3)30-23(35)16-7-6-15(26)11-17(16)27)31-32-24(33)36-12-21(34)29-19-8-5-14(25)10-18(19)28/h5-8,10-11,13,20H,4,9,12H2,1-3H3,(H,29,34)(H,30,35)/t20-/m0/s1. The molecule has 0 radical (unpaired) electrons. The summed E-state index contributed by atoms with van der Waals surface area (Å²) in [6.07, 6.45) is 0.614. The lowest BCUT2D eigenvalue weighted by Crippen LogP contribution is -2.32. The van der Waals surface area contributed by atoms with E-state index in [1.807, 2.05) is 25.3 Å². The highest BCUT2D eigenvalue weighted by Crippen LogP contribution is 2.27. The fourth-order valence-electron chi connectivity index (χ4n) is 3.48. The number of nitrogens with zero attached hydrogens (tertiary/aromatic N) is 3. The minimum Gasteiger partial charge on any atom is -0.342 e. The van der Waals surface area contributed by atoms with Crippen LogP contribution in [0.1, 0.15) is 49.4 Å². The molecule has 1 atom stereocenters. The van der Waals surface area contributed by atoms with E-state index in [9.17, 15) is 14.0 Å². The van der Waals surface area contributed by atoms with Crippen molar-refractivity contribution in [3.8, 4) is 0 Å². The number of aromatic nitrogens is 3. The SMILES string of the molecule is CCn1c(SCC(=O)Nc2ccc(Br)cc2F)nnc1[C@H](CC(C)C)NC(=O)c1ccc(Cl)cc1Cl. The summed E-state index contributed by atoms with van der Waals surface area (Å²) in [7, 11) is 0. The Balaban J connectivity index is 1.75. The number of amides is 2. The van der Waals surface area contributed by atoms with Crippen LogP contribution in [0, 0.1) is 11.7 Å². The summed E-state index contributed by atoms with van der Waals surface area (Å²) < 4.78 is 16.5. The Morgan fingerprint density at radius 2 is 1.92 bits per heavy atom. The van der Waals surface area contributed by atoms with Crippen LogP contribution >= 0.6 is 50.9 Å². The molecular formula is C24H25BrCl2FN5O2S. The fourth-order valence-corrected chi connectivity index (χ4v) is 5.12. The molecule has 1 heterocycles. The zero-order valence-corrected chi connectivity index (χ0v) is 23.7. The van der Waals surface area contributed by atoms with Gasteiger partial charge in [0.15, 0.2) is 11.0 Å². The van der Waals surface area contributed by atoms with Gasteiger partial charge in [-0.1, -0.05) is 64.7 Å². The summed E-state index contributed by atoms with van der Waals surface area (Å²) in [5.74, 6) is -0.423. The smallest absolute Gasteiger partial charge is 0.253 e. The number of benzene rings is 2. The molecule has 3 aromatic rings. The molecule has 0 bridgehead atoms. The number of hydrogen-bond donors (Lipinski definition) is 2. The molecule has 192 valence electrons. The molecule has 0 fully saturated rings. The van der Waals surface area contributed by atoms with Gasteiger partial charge in [0.2, 0.25) is 5.91 Å². The molecule has 2 N–H and O–H groups in total. The minimum absolute atomic E-state index is 0.00915. The van der Waals surface area contributed by atoms with Gasteiger partial charge in [0.1, 0.15) is 5.82 Å². The van der Waals surface area contributed by atoms with Crippen LogP contribution in [-0.4, -0.2) is 32.3 Å². The van der Waals surface area contributed by atoms with Crippen LogP contribution in [0.25, 0.3) is 0 Å². The lowest BCUT2D eigenvalue weighted by atomic mass is 10.0. The second-order valence-corrected chi connectivity index (χ2v) is 11.0. The number of halogens is 4. The highest BCUT2D eigenvalue weighted by Gasteiger charge is 2.25. The van der Waals surface area contributed by atoms with Gasteiger partial charge in [0, 0.05) is 16.0 Å². The number of carbonyl (C=O) groups excluding carboxylic acids is 2. The Bertz CT molecular complexity index is 1260. The van der Waals surface area contributed by atoms with Crippen molar-refractivity contribution in [2.24, 2.45) is 5.92 Å². The van der Waals surface area contributed by atoms with Crippen molar-refractivity contribution in [3.63, 3.8) is 0 Å². The normalized spacial score (nSPS) is 12.0. The van der Waals surface area contributed by atoms with E-state index in [-0.39, 0.29) is 34.2 Å². The van der Waals surface area contributed by atoms with Gasteiger partial charge in [-0.3, -0.25) is 9.59 Å². The summed E-state index contributed by atoms with van der Waals surface area (Å²) in [6.45, 7) is 6.54. The Hall–Kier alpha value is -2.14. The highest BCUT2D eigenvalue weighted by molar-refractivity contribution is 9.10. The van der Waals surface area contributed by atoms with Gasteiger partial charge in [0.25, 0.3) is 5.91 Å². The quantitative estimate of drug-likeness (QED) is 0.246. The number of anilines is 1. The zero-order chi connectivity index (χ0) is 26.4. The lowest BCUT2D eigenvalue weighted by molar-refractivity contribution is -0.113. The number of carbonyl (C=O) groups is 2. The number of nitrogens with one attached hydrogen (secondary N) is 2. The molecule has 0 spiro atoms. The van der Waals surface area contributed by atoms with Gasteiger partial charge >= 0.3 is 0 Å². The Morgan fingerprint density at radius 1 is 1.17 bits per heavy atom. The van der Waals surface area contributed by atoms with Crippen molar-refractivity contribution in [1.29, 1.82) is 0 Å². The van der Waals surface area contributed by atoms with Crippen LogP contribution in [0.2, 0.25) is 10.0 Å². The first kappa shape index (κ1) is 28.4. The second kappa shape index (κ2) is 12.9. The van der Waals surface area contributed by atoms with E-state index in [1.54, 1.807) is 18.2 Å². The monoisotopic (exact) mass is 615 g/mol. The first-order chi connectivity index (χ1) is 17.1. The van der Waals surface area contributed by atoms with Gasteiger partial charge in [-0.25, -0.2) is 4.39 Å². The van der Waals surface area contributed by atoms with Gasteiger partial charge in [-0.15, -0.1) is 10.2 Å². The molecule has 0 unspecified atom stereocenters. The van der Waals surface area contributed by atoms with Crippen LogP contribution in [0.5, 0.6) is 0 Å². The maximum atomic E-state index is 14.0. The fraction of sp³-hybridized carbons (Fsp3) is 0.333. The average Bonchev–Trinajstić information content (AvgIpc) is 3.21. The third kappa shape index (κ3) is 7.44. The predicted molar refractivity (Wildman–Crippen MR) is 145 cm³/mol. The molecule has 7 nitrogen and oxygen atoms in total. The summed E-state index contributed by atoms with van der Waals surface area (Å²) in [5, 5.41) is 15.4. The molecule has 0 aliphatic heterocycles. The van der Waals surface area contributed by atoms with E-state index in [1.165, 1.54) is 30.0 Å². The predicted octanol–water partition coefficient (Wildman–Crippen LogP) is 6.75. The van der Waals surface area contributed by atoms with E-state index < -0.39 is 11.9 Å². The molecule has 36 heavy (non-hydrogen) atoms. The van der Waals surface area contributed by atoms with Crippen LogP contribution in [0.15, 0.2) is 46.0 Å². The molecular weight excluding hydrogens is 592 g/mol. The van der Waals surface area contributed by atoms with E-state index >= 15 is 0 Å². The first-order valence-electron chi connectivity index (χ1n) is 11.2. The molecule has 0 aliphatic carbocycles. The van der Waals surface area contributed by atoms with E-state index in [0.29, 0.717) is 39.0 Å². The van der Waals surface area contributed by atoms with Crippen molar-refractivity contribution in [2.45, 2.75) is 44.9 Å². The van der Waals surface area contributed by atoms with E-state index in [0.717, 1.165) is 0 Å². The van der Waals surface area contributed by atoms with Crippen LogP contribution in [0.4, 0.5) is 10.1 Å². The van der Waals surface area contributed by atoms with Gasteiger partial charge in [-0.2, -0.15) is 0 Å². The molecule has 3 rings (SSSR count). The van der Waals surface area contributed by atoms with Crippen molar-refractivity contribution in [3.05, 3.63) is 68.1 Å². The second-order valence-electron chi connectivity index (χ2n) is 8.33. The van der Waals surface area contributed by atoms with Crippen molar-refractivity contribution in [2.75, 3.05) is 11.1 Å². The van der Waals surface area contributed by atoms with Crippen LogP contribution in [0.3, 0.4) is 0 Å². The van der Waals surface area contributed by atoms with Crippen molar-refractivity contribution in [1.82, 2.24) is 20.1 Å². The molecule has 1 aromatic heterocycles. The first-order valence-corrected chi connectivity index (χ1v) is 13.7. The van der Waals surface area contributed by atoms with Gasteiger partial charge in [0.05, 0.1) is 28.1 Å². The molecule has 2 aromatic carbocycles. The molecule has 0 saturated heterocycles. The minimum atomic E-state index is -0.533.